The van der Waals surface area contributed by atoms with Gasteiger partial charge in [-0.15, -0.1) is 0 Å². The average Bonchev–Trinajstić information content (AvgIpc) is 2.62. The summed E-state index contributed by atoms with van der Waals surface area (Å²) < 4.78 is 23.2. The molecule has 1 atom stereocenters. The lowest BCUT2D eigenvalue weighted by Gasteiger charge is -2.09. The minimum absolute atomic E-state index is 0.0841. The number of aromatic amines is 1. The van der Waals surface area contributed by atoms with Gasteiger partial charge < -0.3 is 4.98 Å². The van der Waals surface area contributed by atoms with Crippen LogP contribution in [0.2, 0.25) is 0 Å². The van der Waals surface area contributed by atoms with Crippen LogP contribution in [0, 0.1) is 0 Å². The van der Waals surface area contributed by atoms with Crippen LogP contribution < -0.4 is 5.56 Å². The Morgan fingerprint density at radius 2 is 2.24 bits per heavy atom. The van der Waals surface area contributed by atoms with Crippen LogP contribution in [-0.2, 0) is 16.3 Å². The van der Waals surface area contributed by atoms with Crippen LogP contribution in [0.15, 0.2) is 9.27 Å². The van der Waals surface area contributed by atoms with Crippen LogP contribution >= 0.6 is 15.9 Å². The predicted octanol–water partition coefficient (Wildman–Crippen LogP) is 0.997. The second-order valence-corrected chi connectivity index (χ2v) is 7.19. The van der Waals surface area contributed by atoms with E-state index in [4.69, 9.17) is 0 Å². The standard InChI is InChI=1S/C10H13BrN2O3S/c1-2-7-8(11)10(14)13-9(12-7)6-3-4-17(15,16)5-6/h6H,2-5H2,1H3,(H,12,13,14). The first kappa shape index (κ1) is 12.8. The van der Waals surface area contributed by atoms with Gasteiger partial charge in [0.25, 0.3) is 5.56 Å². The van der Waals surface area contributed by atoms with E-state index < -0.39 is 9.84 Å². The number of hydrogen-bond acceptors (Lipinski definition) is 4. The van der Waals surface area contributed by atoms with Crippen molar-refractivity contribution in [3.63, 3.8) is 0 Å². The zero-order chi connectivity index (χ0) is 12.6. The van der Waals surface area contributed by atoms with E-state index >= 15 is 0 Å². The van der Waals surface area contributed by atoms with Gasteiger partial charge in [-0.05, 0) is 28.8 Å². The summed E-state index contributed by atoms with van der Waals surface area (Å²) in [7, 11) is -2.96. The van der Waals surface area contributed by atoms with Crippen molar-refractivity contribution in [3.05, 3.63) is 26.3 Å². The Labute approximate surface area is 108 Å². The SMILES string of the molecule is CCc1nc(C2CCS(=O)(=O)C2)[nH]c(=O)c1Br. The van der Waals surface area contributed by atoms with Crippen LogP contribution in [0.5, 0.6) is 0 Å². The Kier molecular flexibility index (Phi) is 3.40. The summed E-state index contributed by atoms with van der Waals surface area (Å²) in [5, 5.41) is 0. The first-order chi connectivity index (χ1) is 7.93. The number of rotatable bonds is 2. The number of nitrogens with one attached hydrogen (secondary N) is 1. The third-order valence-corrected chi connectivity index (χ3v) is 5.49. The van der Waals surface area contributed by atoms with Gasteiger partial charge in [0.1, 0.15) is 10.3 Å². The van der Waals surface area contributed by atoms with Crippen LogP contribution in [0.25, 0.3) is 0 Å². The average molecular weight is 321 g/mol. The Hall–Kier alpha value is -0.690. The molecular formula is C10H13BrN2O3S. The lowest BCUT2D eigenvalue weighted by atomic mass is 10.1. The monoisotopic (exact) mass is 320 g/mol. The third-order valence-electron chi connectivity index (χ3n) is 2.90. The van der Waals surface area contributed by atoms with Crippen molar-refractivity contribution in [2.45, 2.75) is 25.7 Å². The van der Waals surface area contributed by atoms with Crippen molar-refractivity contribution in [1.82, 2.24) is 9.97 Å². The van der Waals surface area contributed by atoms with E-state index in [-0.39, 0.29) is 23.0 Å². The molecule has 0 radical (unpaired) electrons. The summed E-state index contributed by atoms with van der Waals surface area (Å²) in [4.78, 5) is 18.6. The highest BCUT2D eigenvalue weighted by atomic mass is 79.9. The second-order valence-electron chi connectivity index (χ2n) is 4.17. The maximum absolute atomic E-state index is 11.6. The number of aryl methyl sites for hydroxylation is 1. The van der Waals surface area contributed by atoms with Gasteiger partial charge in [-0.3, -0.25) is 4.79 Å². The van der Waals surface area contributed by atoms with Crippen molar-refractivity contribution >= 4 is 25.8 Å². The highest BCUT2D eigenvalue weighted by Gasteiger charge is 2.31. The fourth-order valence-corrected chi connectivity index (χ4v) is 4.18. The molecule has 2 heterocycles. The van der Waals surface area contributed by atoms with Gasteiger partial charge >= 0.3 is 0 Å². The molecule has 2 rings (SSSR count). The summed E-state index contributed by atoms with van der Waals surface area (Å²) in [5.41, 5.74) is 0.434. The first-order valence-corrected chi connectivity index (χ1v) is 8.03. The molecule has 7 heteroatoms. The van der Waals surface area contributed by atoms with Crippen LogP contribution in [0.3, 0.4) is 0 Å². The molecular weight excluding hydrogens is 308 g/mol. The van der Waals surface area contributed by atoms with Crippen LogP contribution in [-0.4, -0.2) is 29.9 Å². The number of nitrogens with zero attached hydrogens (tertiary/aromatic N) is 1. The fraction of sp³-hybridized carbons (Fsp3) is 0.600. The highest BCUT2D eigenvalue weighted by Crippen LogP contribution is 2.26. The molecule has 0 aromatic carbocycles. The molecule has 1 fully saturated rings. The first-order valence-electron chi connectivity index (χ1n) is 5.42. The second kappa shape index (κ2) is 4.53. The lowest BCUT2D eigenvalue weighted by Crippen LogP contribution is -2.18. The quantitative estimate of drug-likeness (QED) is 0.881. The smallest absolute Gasteiger partial charge is 0.265 e. The van der Waals surface area contributed by atoms with E-state index in [1.165, 1.54) is 0 Å². The maximum atomic E-state index is 11.6. The fourth-order valence-electron chi connectivity index (χ4n) is 1.96. The number of hydrogen-bond donors (Lipinski definition) is 1. The van der Waals surface area contributed by atoms with E-state index in [0.717, 1.165) is 0 Å². The van der Waals surface area contributed by atoms with Crippen molar-refractivity contribution < 1.29 is 8.42 Å². The molecule has 1 aliphatic rings. The van der Waals surface area contributed by atoms with Crippen molar-refractivity contribution in [2.24, 2.45) is 0 Å². The van der Waals surface area contributed by atoms with E-state index in [0.29, 0.717) is 28.8 Å². The molecule has 1 unspecified atom stereocenters. The number of aromatic nitrogens is 2. The summed E-state index contributed by atoms with van der Waals surface area (Å²) in [6.07, 6.45) is 1.17. The molecule has 0 aliphatic carbocycles. The van der Waals surface area contributed by atoms with E-state index in [1.807, 2.05) is 6.92 Å². The summed E-state index contributed by atoms with van der Waals surface area (Å²) in [5.74, 6) is 0.585. The van der Waals surface area contributed by atoms with Crippen molar-refractivity contribution in [1.29, 1.82) is 0 Å². The van der Waals surface area contributed by atoms with Gasteiger partial charge in [0.2, 0.25) is 0 Å². The Bertz CT molecular complexity index is 594. The minimum atomic E-state index is -2.96. The number of sulfone groups is 1. The van der Waals surface area contributed by atoms with Crippen molar-refractivity contribution in [3.8, 4) is 0 Å². The third kappa shape index (κ3) is 2.60. The Balaban J connectivity index is 2.41. The zero-order valence-corrected chi connectivity index (χ0v) is 11.8. The van der Waals surface area contributed by atoms with Gasteiger partial charge in [-0.1, -0.05) is 6.92 Å². The van der Waals surface area contributed by atoms with Gasteiger partial charge in [0.05, 0.1) is 17.2 Å². The van der Waals surface area contributed by atoms with E-state index in [1.54, 1.807) is 0 Å². The molecule has 0 amide bonds. The topological polar surface area (TPSA) is 79.9 Å². The van der Waals surface area contributed by atoms with Crippen molar-refractivity contribution in [2.75, 3.05) is 11.5 Å². The molecule has 1 N–H and O–H groups in total. The normalized spacial score (nSPS) is 22.8. The van der Waals surface area contributed by atoms with E-state index in [9.17, 15) is 13.2 Å². The highest BCUT2D eigenvalue weighted by molar-refractivity contribution is 9.10. The number of halogens is 1. The molecule has 0 bridgehead atoms. The van der Waals surface area contributed by atoms with Gasteiger partial charge in [-0.25, -0.2) is 13.4 Å². The van der Waals surface area contributed by atoms with Crippen LogP contribution in [0.1, 0.15) is 30.8 Å². The molecule has 1 aromatic rings. The molecule has 0 spiro atoms. The molecule has 5 nitrogen and oxygen atoms in total. The largest absolute Gasteiger partial charge is 0.309 e. The Morgan fingerprint density at radius 3 is 2.76 bits per heavy atom. The predicted molar refractivity (Wildman–Crippen MR) is 67.9 cm³/mol. The molecule has 94 valence electrons. The lowest BCUT2D eigenvalue weighted by molar-refractivity contribution is 0.601. The maximum Gasteiger partial charge on any atom is 0.265 e. The molecule has 1 aliphatic heterocycles. The minimum Gasteiger partial charge on any atom is -0.309 e. The summed E-state index contributed by atoms with van der Waals surface area (Å²) in [6.45, 7) is 1.90. The van der Waals surface area contributed by atoms with Gasteiger partial charge in [-0.2, -0.15) is 0 Å². The zero-order valence-electron chi connectivity index (χ0n) is 9.36. The Morgan fingerprint density at radius 1 is 1.53 bits per heavy atom. The molecule has 17 heavy (non-hydrogen) atoms. The van der Waals surface area contributed by atoms with Crippen LogP contribution in [0.4, 0.5) is 0 Å². The summed E-state index contributed by atoms with van der Waals surface area (Å²) >= 11 is 3.18. The molecule has 0 saturated carbocycles. The molecule has 1 saturated heterocycles. The molecule has 1 aromatic heterocycles. The van der Waals surface area contributed by atoms with Gasteiger partial charge in [0, 0.05) is 5.92 Å². The number of H-pyrrole nitrogens is 1. The van der Waals surface area contributed by atoms with Gasteiger partial charge in [0.15, 0.2) is 9.84 Å². The summed E-state index contributed by atoms with van der Waals surface area (Å²) in [6, 6.07) is 0. The van der Waals surface area contributed by atoms with E-state index in [2.05, 4.69) is 25.9 Å².